The summed E-state index contributed by atoms with van der Waals surface area (Å²) < 4.78 is 5.20. The van der Waals surface area contributed by atoms with Gasteiger partial charge in [-0.15, -0.1) is 0 Å². The number of carbonyl (C=O) groups excluding carboxylic acids is 1. The molecule has 17 heavy (non-hydrogen) atoms. The molecule has 0 bridgehead atoms. The summed E-state index contributed by atoms with van der Waals surface area (Å²) in [5, 5.41) is 3.09. The first-order valence-corrected chi connectivity index (χ1v) is 6.04. The second-order valence-electron chi connectivity index (χ2n) is 4.71. The zero-order valence-corrected chi connectivity index (χ0v) is 10.3. The molecule has 1 aliphatic rings. The van der Waals surface area contributed by atoms with Crippen LogP contribution in [0.3, 0.4) is 0 Å². The predicted octanol–water partition coefficient (Wildman–Crippen LogP) is 1.02. The molecule has 1 aromatic rings. The van der Waals surface area contributed by atoms with E-state index in [4.69, 9.17) is 4.42 Å². The summed E-state index contributed by atoms with van der Waals surface area (Å²) in [5.74, 6) is 1.43. The quantitative estimate of drug-likeness (QED) is 0.852. The lowest BCUT2D eigenvalue weighted by atomic mass is 10.0. The lowest BCUT2D eigenvalue weighted by Gasteiger charge is -2.24. The number of amides is 1. The maximum Gasteiger partial charge on any atom is 0.240 e. The van der Waals surface area contributed by atoms with Gasteiger partial charge in [-0.05, 0) is 25.8 Å². The van der Waals surface area contributed by atoms with Crippen molar-refractivity contribution in [3.63, 3.8) is 0 Å². The van der Waals surface area contributed by atoms with Crippen molar-refractivity contribution in [2.24, 2.45) is 5.92 Å². The Balaban J connectivity index is 2.09. The molecular weight excluding hydrogens is 218 g/mol. The topological polar surface area (TPSA) is 58.4 Å². The third kappa shape index (κ3) is 2.85. The number of carbonyl (C=O) groups is 1. The SMILES string of the molecule is CNC1CCC(C)CN(Cc2cnco2)C1=O. The van der Waals surface area contributed by atoms with Crippen molar-refractivity contribution < 1.29 is 9.21 Å². The molecule has 5 nitrogen and oxygen atoms in total. The van der Waals surface area contributed by atoms with Gasteiger partial charge in [-0.1, -0.05) is 6.92 Å². The summed E-state index contributed by atoms with van der Waals surface area (Å²) in [7, 11) is 1.84. The van der Waals surface area contributed by atoms with Gasteiger partial charge in [0.2, 0.25) is 5.91 Å². The minimum absolute atomic E-state index is 0.0668. The fourth-order valence-corrected chi connectivity index (χ4v) is 2.27. The molecule has 0 aliphatic carbocycles. The van der Waals surface area contributed by atoms with Crippen LogP contribution in [0.15, 0.2) is 17.0 Å². The van der Waals surface area contributed by atoms with Gasteiger partial charge >= 0.3 is 0 Å². The Morgan fingerprint density at radius 1 is 1.59 bits per heavy atom. The van der Waals surface area contributed by atoms with Crippen LogP contribution >= 0.6 is 0 Å². The number of hydrogen-bond donors (Lipinski definition) is 1. The van der Waals surface area contributed by atoms with Crippen molar-refractivity contribution in [3.8, 4) is 0 Å². The van der Waals surface area contributed by atoms with Crippen LogP contribution in [0.2, 0.25) is 0 Å². The molecule has 5 heteroatoms. The summed E-state index contributed by atoms with van der Waals surface area (Å²) in [6.07, 6.45) is 5.04. The highest BCUT2D eigenvalue weighted by atomic mass is 16.3. The van der Waals surface area contributed by atoms with E-state index in [2.05, 4.69) is 17.2 Å². The van der Waals surface area contributed by atoms with E-state index in [0.717, 1.165) is 25.1 Å². The predicted molar refractivity (Wildman–Crippen MR) is 63.2 cm³/mol. The summed E-state index contributed by atoms with van der Waals surface area (Å²) in [4.78, 5) is 18.0. The van der Waals surface area contributed by atoms with Crippen LogP contribution in [-0.2, 0) is 11.3 Å². The third-order valence-corrected chi connectivity index (χ3v) is 3.27. The number of nitrogens with zero attached hydrogens (tertiary/aromatic N) is 2. The fourth-order valence-electron chi connectivity index (χ4n) is 2.27. The molecule has 0 saturated carbocycles. The van der Waals surface area contributed by atoms with Crippen molar-refractivity contribution in [3.05, 3.63) is 18.4 Å². The van der Waals surface area contributed by atoms with E-state index < -0.39 is 0 Å². The van der Waals surface area contributed by atoms with Gasteiger partial charge in [0.25, 0.3) is 0 Å². The lowest BCUT2D eigenvalue weighted by molar-refractivity contribution is -0.133. The van der Waals surface area contributed by atoms with Crippen LogP contribution in [0.1, 0.15) is 25.5 Å². The average molecular weight is 237 g/mol. The Hall–Kier alpha value is -1.36. The normalized spacial score (nSPS) is 26.0. The number of likely N-dealkylation sites (tertiary alicyclic amines) is 1. The first-order valence-electron chi connectivity index (χ1n) is 6.04. The van der Waals surface area contributed by atoms with Crippen LogP contribution in [0.25, 0.3) is 0 Å². The molecule has 2 heterocycles. The van der Waals surface area contributed by atoms with E-state index >= 15 is 0 Å². The standard InChI is InChI=1S/C12H19N3O2/c1-9-3-4-11(13-2)12(16)15(6-9)7-10-5-14-8-17-10/h5,8-9,11,13H,3-4,6-7H2,1-2H3. The maximum absolute atomic E-state index is 12.2. The molecule has 1 saturated heterocycles. The Bertz CT molecular complexity index is 364. The van der Waals surface area contributed by atoms with Gasteiger partial charge in [-0.2, -0.15) is 0 Å². The highest BCUT2D eigenvalue weighted by Gasteiger charge is 2.28. The van der Waals surface area contributed by atoms with Crippen LogP contribution in [0.5, 0.6) is 0 Å². The van der Waals surface area contributed by atoms with Gasteiger partial charge in [0.05, 0.1) is 18.8 Å². The number of aromatic nitrogens is 1. The number of likely N-dealkylation sites (N-methyl/N-ethyl adjacent to an activating group) is 1. The molecular formula is C12H19N3O2. The average Bonchev–Trinajstić information content (AvgIpc) is 2.77. The first-order chi connectivity index (χ1) is 8.20. The van der Waals surface area contributed by atoms with Gasteiger partial charge in [0.1, 0.15) is 5.76 Å². The molecule has 1 fully saturated rings. The van der Waals surface area contributed by atoms with Crippen molar-refractivity contribution in [2.45, 2.75) is 32.4 Å². The Labute approximate surface area is 101 Å². The van der Waals surface area contributed by atoms with Crippen molar-refractivity contribution in [1.82, 2.24) is 15.2 Å². The molecule has 0 aromatic carbocycles. The van der Waals surface area contributed by atoms with E-state index in [1.807, 2.05) is 11.9 Å². The lowest BCUT2D eigenvalue weighted by Crippen LogP contribution is -2.43. The van der Waals surface area contributed by atoms with Crippen LogP contribution in [0, 0.1) is 5.92 Å². The minimum Gasteiger partial charge on any atom is -0.447 e. The minimum atomic E-state index is -0.0668. The van der Waals surface area contributed by atoms with Gasteiger partial charge in [-0.3, -0.25) is 4.79 Å². The fraction of sp³-hybridized carbons (Fsp3) is 0.667. The van der Waals surface area contributed by atoms with Gasteiger partial charge in [0, 0.05) is 6.54 Å². The maximum atomic E-state index is 12.2. The van der Waals surface area contributed by atoms with E-state index in [1.54, 1.807) is 6.20 Å². The van der Waals surface area contributed by atoms with E-state index in [-0.39, 0.29) is 11.9 Å². The second kappa shape index (κ2) is 5.31. The Morgan fingerprint density at radius 3 is 3.06 bits per heavy atom. The summed E-state index contributed by atoms with van der Waals surface area (Å²) in [5.41, 5.74) is 0. The van der Waals surface area contributed by atoms with Crippen molar-refractivity contribution >= 4 is 5.91 Å². The second-order valence-corrected chi connectivity index (χ2v) is 4.71. The van der Waals surface area contributed by atoms with Crippen LogP contribution < -0.4 is 5.32 Å². The molecule has 2 rings (SSSR count). The zero-order chi connectivity index (χ0) is 12.3. The van der Waals surface area contributed by atoms with E-state index in [9.17, 15) is 4.79 Å². The van der Waals surface area contributed by atoms with E-state index in [0.29, 0.717) is 12.5 Å². The van der Waals surface area contributed by atoms with Crippen molar-refractivity contribution in [2.75, 3.05) is 13.6 Å². The number of rotatable bonds is 3. The van der Waals surface area contributed by atoms with E-state index in [1.165, 1.54) is 6.39 Å². The Morgan fingerprint density at radius 2 is 2.41 bits per heavy atom. The Kier molecular flexibility index (Phi) is 3.78. The van der Waals surface area contributed by atoms with Crippen LogP contribution in [0.4, 0.5) is 0 Å². The monoisotopic (exact) mass is 237 g/mol. The molecule has 1 amide bonds. The van der Waals surface area contributed by atoms with Crippen molar-refractivity contribution in [1.29, 1.82) is 0 Å². The smallest absolute Gasteiger partial charge is 0.240 e. The molecule has 2 atom stereocenters. The number of nitrogens with one attached hydrogen (secondary N) is 1. The molecule has 94 valence electrons. The highest BCUT2D eigenvalue weighted by Crippen LogP contribution is 2.19. The third-order valence-electron chi connectivity index (χ3n) is 3.27. The summed E-state index contributed by atoms with van der Waals surface area (Å²) in [6, 6.07) is -0.0668. The van der Waals surface area contributed by atoms with Gasteiger partial charge < -0.3 is 14.6 Å². The zero-order valence-electron chi connectivity index (χ0n) is 10.3. The molecule has 0 spiro atoms. The van der Waals surface area contributed by atoms with Gasteiger partial charge in [-0.25, -0.2) is 4.98 Å². The molecule has 2 unspecified atom stereocenters. The molecule has 0 radical (unpaired) electrons. The molecule has 1 N–H and O–H groups in total. The highest BCUT2D eigenvalue weighted by molar-refractivity contribution is 5.82. The first kappa shape index (κ1) is 12.1. The number of oxazole rings is 1. The molecule has 1 aliphatic heterocycles. The van der Waals surface area contributed by atoms with Crippen LogP contribution in [-0.4, -0.2) is 35.4 Å². The summed E-state index contributed by atoms with van der Waals surface area (Å²) in [6.45, 7) is 3.48. The number of hydrogen-bond acceptors (Lipinski definition) is 4. The van der Waals surface area contributed by atoms with Gasteiger partial charge in [0.15, 0.2) is 6.39 Å². The largest absolute Gasteiger partial charge is 0.447 e. The molecule has 1 aromatic heterocycles. The summed E-state index contributed by atoms with van der Waals surface area (Å²) >= 11 is 0.